The molecule has 0 aliphatic rings. The number of nitrogens with zero attached hydrogens (tertiary/aromatic N) is 2. The van der Waals surface area contributed by atoms with Crippen LogP contribution in [0.5, 0.6) is 0 Å². The van der Waals surface area contributed by atoms with Gasteiger partial charge >= 0.3 is 0 Å². The molecule has 0 fully saturated rings. The maximum Gasteiger partial charge on any atom is 0.237 e. The lowest BCUT2D eigenvalue weighted by Crippen LogP contribution is -2.18. The molecule has 0 aliphatic heterocycles. The summed E-state index contributed by atoms with van der Waals surface area (Å²) in [4.78, 5) is 11.6. The third-order valence-corrected chi connectivity index (χ3v) is 9.30. The van der Waals surface area contributed by atoms with Crippen LogP contribution in [-0.4, -0.2) is 9.97 Å². The summed E-state index contributed by atoms with van der Waals surface area (Å²) in [6.45, 7) is 8.95. The average molecular weight is 555 g/mol. The molecule has 7 aromatic rings. The van der Waals surface area contributed by atoms with Crippen molar-refractivity contribution in [1.29, 1.82) is 0 Å². The van der Waals surface area contributed by atoms with Crippen molar-refractivity contribution in [2.75, 3.05) is 0 Å². The van der Waals surface area contributed by atoms with Gasteiger partial charge in [-0.1, -0.05) is 100 Å². The molecular weight excluding hydrogens is 524 g/mol. The van der Waals surface area contributed by atoms with Gasteiger partial charge in [0.1, 0.15) is 11.0 Å². The van der Waals surface area contributed by atoms with Gasteiger partial charge in [-0.05, 0) is 58.7 Å². The number of aromatic nitrogens is 2. The molecule has 41 heavy (non-hydrogen) atoms. The van der Waals surface area contributed by atoms with Crippen molar-refractivity contribution >= 4 is 33.5 Å². The average Bonchev–Trinajstić information content (AvgIpc) is 3.75. The van der Waals surface area contributed by atoms with Gasteiger partial charge in [0, 0.05) is 10.8 Å². The Kier molecular flexibility index (Phi) is 5.95. The van der Waals surface area contributed by atoms with Crippen LogP contribution in [0.3, 0.4) is 0 Å². The van der Waals surface area contributed by atoms with Gasteiger partial charge in [-0.3, -0.25) is 0 Å². The minimum absolute atomic E-state index is 0.145. The molecule has 0 atom stereocenters. The highest BCUT2D eigenvalue weighted by atomic mass is 32.1. The molecule has 0 radical (unpaired) electrons. The van der Waals surface area contributed by atoms with Gasteiger partial charge in [0.15, 0.2) is 11.2 Å². The number of benzene rings is 4. The van der Waals surface area contributed by atoms with Gasteiger partial charge in [0.05, 0.1) is 9.75 Å². The van der Waals surface area contributed by atoms with Crippen LogP contribution in [0.2, 0.25) is 0 Å². The molecule has 0 spiro atoms. The largest absolute Gasteiger partial charge is 0.435 e. The minimum Gasteiger partial charge on any atom is -0.435 e. The Morgan fingerprint density at radius 3 is 1.32 bits per heavy atom. The van der Waals surface area contributed by atoms with E-state index in [1.807, 2.05) is 36.4 Å². The van der Waals surface area contributed by atoms with Crippen LogP contribution in [0.15, 0.2) is 118 Å². The number of hydrogen-bond acceptors (Lipinski definition) is 5. The van der Waals surface area contributed by atoms with E-state index in [0.29, 0.717) is 11.8 Å². The SMILES string of the molecule is CC(C)(c1ccccc1)c1ccc2oc(-c3ccc(-c4nc5cc(C(C)(C)c6ccccc6)ccc5o4)s3)nc2c1. The fraction of sp³-hybridized carbons (Fsp3) is 0.167. The molecule has 0 bridgehead atoms. The minimum atomic E-state index is -0.145. The number of thiophene rings is 1. The quantitative estimate of drug-likeness (QED) is 0.205. The first-order chi connectivity index (χ1) is 19.8. The van der Waals surface area contributed by atoms with Gasteiger partial charge in [-0.25, -0.2) is 9.97 Å². The van der Waals surface area contributed by atoms with E-state index in [9.17, 15) is 0 Å². The fourth-order valence-corrected chi connectivity index (χ4v) is 6.31. The Balaban J connectivity index is 1.18. The first-order valence-corrected chi connectivity index (χ1v) is 14.6. The van der Waals surface area contributed by atoms with Crippen molar-refractivity contribution < 1.29 is 8.83 Å². The van der Waals surface area contributed by atoms with Gasteiger partial charge in [-0.2, -0.15) is 0 Å². The second-order valence-electron chi connectivity index (χ2n) is 11.5. The van der Waals surface area contributed by atoms with Crippen molar-refractivity contribution in [3.8, 4) is 21.5 Å². The molecule has 202 valence electrons. The van der Waals surface area contributed by atoms with Crippen LogP contribution in [0.1, 0.15) is 49.9 Å². The molecule has 0 N–H and O–H groups in total. The molecule has 4 aromatic carbocycles. The lowest BCUT2D eigenvalue weighted by molar-refractivity contribution is 0.619. The second-order valence-corrected chi connectivity index (χ2v) is 12.6. The van der Waals surface area contributed by atoms with E-state index in [0.717, 1.165) is 32.0 Å². The standard InChI is InChI=1S/C36H30N2O2S/c1-35(2,23-11-7-5-8-12-23)25-15-17-29-27(21-25)37-33(39-29)31-19-20-32(41-31)34-38-28-22-26(16-18-30(28)40-34)36(3,4)24-13-9-6-10-14-24/h5-22H,1-4H3. The van der Waals surface area contributed by atoms with E-state index >= 15 is 0 Å². The van der Waals surface area contributed by atoms with E-state index < -0.39 is 0 Å². The van der Waals surface area contributed by atoms with Gasteiger partial charge in [0.2, 0.25) is 11.8 Å². The highest BCUT2D eigenvalue weighted by Gasteiger charge is 2.25. The predicted molar refractivity (Wildman–Crippen MR) is 167 cm³/mol. The van der Waals surface area contributed by atoms with Crippen molar-refractivity contribution in [2.45, 2.75) is 38.5 Å². The summed E-state index contributed by atoms with van der Waals surface area (Å²) in [7, 11) is 0. The van der Waals surface area contributed by atoms with Gasteiger partial charge in [0.25, 0.3) is 0 Å². The zero-order chi connectivity index (χ0) is 28.2. The monoisotopic (exact) mass is 554 g/mol. The second kappa shape index (κ2) is 9.57. The Bertz CT molecular complexity index is 1850. The van der Waals surface area contributed by atoms with E-state index in [4.69, 9.17) is 18.8 Å². The topological polar surface area (TPSA) is 52.1 Å². The van der Waals surface area contributed by atoms with E-state index in [1.54, 1.807) is 11.3 Å². The predicted octanol–water partition coefficient (Wildman–Crippen LogP) is 10.0. The Morgan fingerprint density at radius 1 is 0.488 bits per heavy atom. The molecule has 3 heterocycles. The lowest BCUT2D eigenvalue weighted by atomic mass is 9.78. The zero-order valence-electron chi connectivity index (χ0n) is 23.5. The molecule has 7 rings (SSSR count). The Labute approximate surface area is 243 Å². The molecular formula is C36H30N2O2S. The van der Waals surface area contributed by atoms with Crippen molar-refractivity contribution in [3.05, 3.63) is 131 Å². The van der Waals surface area contributed by atoms with E-state index in [-0.39, 0.29) is 10.8 Å². The summed E-state index contributed by atoms with van der Waals surface area (Å²) in [6.07, 6.45) is 0. The summed E-state index contributed by atoms with van der Waals surface area (Å²) >= 11 is 1.57. The van der Waals surface area contributed by atoms with Gasteiger partial charge < -0.3 is 8.83 Å². The van der Waals surface area contributed by atoms with Crippen molar-refractivity contribution in [3.63, 3.8) is 0 Å². The number of fused-ring (bicyclic) bond motifs is 2. The van der Waals surface area contributed by atoms with Crippen LogP contribution in [0.25, 0.3) is 43.7 Å². The molecule has 0 amide bonds. The number of oxazole rings is 2. The summed E-state index contributed by atoms with van der Waals surface area (Å²) in [6, 6.07) is 37.8. The van der Waals surface area contributed by atoms with Crippen molar-refractivity contribution in [2.24, 2.45) is 0 Å². The molecule has 0 saturated heterocycles. The maximum absolute atomic E-state index is 6.18. The van der Waals surface area contributed by atoms with Gasteiger partial charge in [-0.15, -0.1) is 11.3 Å². The highest BCUT2D eigenvalue weighted by molar-refractivity contribution is 7.18. The van der Waals surface area contributed by atoms with E-state index in [2.05, 4.69) is 100 Å². The maximum atomic E-state index is 6.18. The first-order valence-electron chi connectivity index (χ1n) is 13.8. The van der Waals surface area contributed by atoms with E-state index in [1.165, 1.54) is 22.3 Å². The third-order valence-electron chi connectivity index (χ3n) is 8.24. The van der Waals surface area contributed by atoms with Crippen LogP contribution >= 0.6 is 11.3 Å². The van der Waals surface area contributed by atoms with Crippen LogP contribution < -0.4 is 0 Å². The normalized spacial score (nSPS) is 12.4. The third kappa shape index (κ3) is 4.47. The van der Waals surface area contributed by atoms with Crippen molar-refractivity contribution in [1.82, 2.24) is 9.97 Å². The smallest absolute Gasteiger partial charge is 0.237 e. The highest BCUT2D eigenvalue weighted by Crippen LogP contribution is 2.39. The Morgan fingerprint density at radius 2 is 0.902 bits per heavy atom. The summed E-state index contributed by atoms with van der Waals surface area (Å²) in [5.41, 5.74) is 7.89. The number of hydrogen-bond donors (Lipinski definition) is 0. The fourth-order valence-electron chi connectivity index (χ4n) is 5.45. The van der Waals surface area contributed by atoms with Crippen LogP contribution in [0, 0.1) is 0 Å². The summed E-state index contributed by atoms with van der Waals surface area (Å²) < 4.78 is 12.4. The Hall–Kier alpha value is -4.48. The summed E-state index contributed by atoms with van der Waals surface area (Å²) in [5, 5.41) is 0. The molecule has 0 saturated carbocycles. The zero-order valence-corrected chi connectivity index (χ0v) is 24.3. The summed E-state index contributed by atoms with van der Waals surface area (Å²) in [5.74, 6) is 1.21. The molecule has 3 aromatic heterocycles. The lowest BCUT2D eigenvalue weighted by Gasteiger charge is -2.25. The molecule has 4 nitrogen and oxygen atoms in total. The molecule has 5 heteroatoms. The van der Waals surface area contributed by atoms with Crippen LogP contribution in [0.4, 0.5) is 0 Å². The molecule has 0 unspecified atom stereocenters. The first kappa shape index (κ1) is 25.5. The number of rotatable bonds is 6. The van der Waals surface area contributed by atoms with Crippen LogP contribution in [-0.2, 0) is 10.8 Å². The molecule has 0 aliphatic carbocycles.